The summed E-state index contributed by atoms with van der Waals surface area (Å²) in [5.41, 5.74) is 1.95. The standard InChI is InChI=1S/C11H17N3O3/c1-8-4-14-10(3-9(12-14)7-17-2)5-13(8)6-11(15)16/h3,8H,4-7H2,1-2H3,(H,15,16)/t8-/m1/s1. The molecule has 6 nitrogen and oxygen atoms in total. The molecule has 1 aliphatic rings. The molecular formula is C11H17N3O3. The summed E-state index contributed by atoms with van der Waals surface area (Å²) in [6.07, 6.45) is 0. The molecule has 2 heterocycles. The van der Waals surface area contributed by atoms with Crippen LogP contribution in [0.4, 0.5) is 0 Å². The van der Waals surface area contributed by atoms with Gasteiger partial charge in [0.2, 0.25) is 0 Å². The summed E-state index contributed by atoms with van der Waals surface area (Å²) < 4.78 is 6.98. The summed E-state index contributed by atoms with van der Waals surface area (Å²) in [7, 11) is 1.64. The molecule has 0 saturated heterocycles. The van der Waals surface area contributed by atoms with Crippen LogP contribution in [0.15, 0.2) is 6.07 Å². The molecule has 0 spiro atoms. The predicted molar refractivity (Wildman–Crippen MR) is 60.4 cm³/mol. The van der Waals surface area contributed by atoms with E-state index in [1.54, 1.807) is 7.11 Å². The number of aromatic nitrogens is 2. The monoisotopic (exact) mass is 239 g/mol. The van der Waals surface area contributed by atoms with Crippen LogP contribution in [0, 0.1) is 0 Å². The van der Waals surface area contributed by atoms with Crippen LogP contribution in [0.25, 0.3) is 0 Å². The Kier molecular flexibility index (Phi) is 3.44. The summed E-state index contributed by atoms with van der Waals surface area (Å²) in [6.45, 7) is 3.94. The molecule has 0 fully saturated rings. The zero-order valence-electron chi connectivity index (χ0n) is 10.1. The Labute approximate surface area is 99.8 Å². The van der Waals surface area contributed by atoms with Gasteiger partial charge in [0.05, 0.1) is 31.1 Å². The molecule has 1 atom stereocenters. The van der Waals surface area contributed by atoms with Crippen molar-refractivity contribution >= 4 is 5.97 Å². The van der Waals surface area contributed by atoms with Gasteiger partial charge in [-0.25, -0.2) is 0 Å². The SMILES string of the molecule is COCc1cc2n(n1)C[C@@H](C)N(CC(=O)O)C2. The summed E-state index contributed by atoms with van der Waals surface area (Å²) >= 11 is 0. The number of fused-ring (bicyclic) bond motifs is 1. The molecular weight excluding hydrogens is 222 g/mol. The second kappa shape index (κ2) is 4.85. The van der Waals surface area contributed by atoms with E-state index in [9.17, 15) is 4.79 Å². The lowest BCUT2D eigenvalue weighted by molar-refractivity contribution is -0.139. The average Bonchev–Trinajstić information content (AvgIpc) is 2.60. The molecule has 0 saturated carbocycles. The zero-order valence-corrected chi connectivity index (χ0v) is 10.1. The smallest absolute Gasteiger partial charge is 0.317 e. The van der Waals surface area contributed by atoms with Crippen molar-refractivity contribution in [2.24, 2.45) is 0 Å². The van der Waals surface area contributed by atoms with Crippen molar-refractivity contribution in [3.63, 3.8) is 0 Å². The van der Waals surface area contributed by atoms with Crippen LogP contribution in [-0.4, -0.2) is 45.5 Å². The first-order valence-electron chi connectivity index (χ1n) is 5.60. The van der Waals surface area contributed by atoms with E-state index in [1.807, 2.05) is 22.6 Å². The second-order valence-electron chi connectivity index (χ2n) is 4.39. The first-order chi connectivity index (χ1) is 8.10. The molecule has 17 heavy (non-hydrogen) atoms. The number of methoxy groups -OCH3 is 1. The summed E-state index contributed by atoms with van der Waals surface area (Å²) in [5.74, 6) is -0.790. The minimum atomic E-state index is -0.790. The van der Waals surface area contributed by atoms with Crippen molar-refractivity contribution < 1.29 is 14.6 Å². The molecule has 6 heteroatoms. The number of carboxylic acids is 1. The van der Waals surface area contributed by atoms with Gasteiger partial charge in [0.15, 0.2) is 0 Å². The highest BCUT2D eigenvalue weighted by atomic mass is 16.5. The van der Waals surface area contributed by atoms with E-state index in [4.69, 9.17) is 9.84 Å². The van der Waals surface area contributed by atoms with E-state index in [2.05, 4.69) is 5.10 Å². The number of carbonyl (C=O) groups is 1. The highest BCUT2D eigenvalue weighted by molar-refractivity contribution is 5.69. The van der Waals surface area contributed by atoms with Gasteiger partial charge < -0.3 is 9.84 Å². The quantitative estimate of drug-likeness (QED) is 0.819. The van der Waals surface area contributed by atoms with E-state index in [0.717, 1.165) is 17.9 Å². The molecule has 1 aliphatic heterocycles. The van der Waals surface area contributed by atoms with Gasteiger partial charge in [-0.15, -0.1) is 0 Å². The van der Waals surface area contributed by atoms with Crippen LogP contribution in [0.3, 0.4) is 0 Å². The zero-order chi connectivity index (χ0) is 12.4. The lowest BCUT2D eigenvalue weighted by atomic mass is 10.2. The maximum atomic E-state index is 10.7. The Bertz CT molecular complexity index is 416. The Hall–Kier alpha value is -1.40. The molecule has 0 unspecified atom stereocenters. The lowest BCUT2D eigenvalue weighted by Gasteiger charge is -2.32. The van der Waals surface area contributed by atoms with Gasteiger partial charge in [0, 0.05) is 19.7 Å². The van der Waals surface area contributed by atoms with E-state index in [0.29, 0.717) is 13.2 Å². The minimum absolute atomic E-state index is 0.0754. The number of hydrogen-bond acceptors (Lipinski definition) is 4. The van der Waals surface area contributed by atoms with E-state index < -0.39 is 5.97 Å². The normalized spacial score (nSPS) is 20.2. The fraction of sp³-hybridized carbons (Fsp3) is 0.636. The molecule has 0 aromatic carbocycles. The van der Waals surface area contributed by atoms with Crippen LogP contribution >= 0.6 is 0 Å². The Balaban J connectivity index is 2.13. The summed E-state index contributed by atoms with van der Waals surface area (Å²) in [5, 5.41) is 13.3. The van der Waals surface area contributed by atoms with Crippen LogP contribution in [0.2, 0.25) is 0 Å². The van der Waals surface area contributed by atoms with Crippen molar-refractivity contribution in [1.82, 2.24) is 14.7 Å². The van der Waals surface area contributed by atoms with Crippen molar-refractivity contribution in [2.75, 3.05) is 13.7 Å². The number of nitrogens with zero attached hydrogens (tertiary/aromatic N) is 3. The fourth-order valence-corrected chi connectivity index (χ4v) is 2.13. The molecule has 0 aliphatic carbocycles. The van der Waals surface area contributed by atoms with Crippen LogP contribution in [-0.2, 0) is 29.2 Å². The Morgan fingerprint density at radius 1 is 1.71 bits per heavy atom. The maximum absolute atomic E-state index is 10.7. The van der Waals surface area contributed by atoms with Crippen molar-refractivity contribution in [2.45, 2.75) is 32.7 Å². The number of aliphatic carboxylic acids is 1. The minimum Gasteiger partial charge on any atom is -0.480 e. The highest BCUT2D eigenvalue weighted by Gasteiger charge is 2.25. The van der Waals surface area contributed by atoms with Gasteiger partial charge in [0.1, 0.15) is 0 Å². The topological polar surface area (TPSA) is 67.6 Å². The van der Waals surface area contributed by atoms with Gasteiger partial charge in [-0.1, -0.05) is 0 Å². The van der Waals surface area contributed by atoms with Gasteiger partial charge in [-0.05, 0) is 13.0 Å². The van der Waals surface area contributed by atoms with Gasteiger partial charge in [-0.2, -0.15) is 5.10 Å². The molecule has 1 aromatic heterocycles. The number of carboxylic acid groups (broad SMARTS) is 1. The molecule has 94 valence electrons. The van der Waals surface area contributed by atoms with E-state index in [-0.39, 0.29) is 12.6 Å². The van der Waals surface area contributed by atoms with Gasteiger partial charge >= 0.3 is 5.97 Å². The number of rotatable bonds is 4. The third-order valence-electron chi connectivity index (χ3n) is 2.97. The molecule has 2 rings (SSSR count). The summed E-state index contributed by atoms with van der Waals surface area (Å²) in [6, 6.07) is 2.17. The number of hydrogen-bond donors (Lipinski definition) is 1. The first kappa shape index (κ1) is 12.1. The van der Waals surface area contributed by atoms with Gasteiger partial charge in [-0.3, -0.25) is 14.4 Å². The van der Waals surface area contributed by atoms with E-state index in [1.165, 1.54) is 0 Å². The second-order valence-corrected chi connectivity index (χ2v) is 4.39. The summed E-state index contributed by atoms with van der Waals surface area (Å²) in [4.78, 5) is 12.7. The highest BCUT2D eigenvalue weighted by Crippen LogP contribution is 2.18. The van der Waals surface area contributed by atoms with Crippen LogP contribution < -0.4 is 0 Å². The Morgan fingerprint density at radius 2 is 2.47 bits per heavy atom. The molecule has 0 radical (unpaired) electrons. The van der Waals surface area contributed by atoms with Gasteiger partial charge in [0.25, 0.3) is 0 Å². The average molecular weight is 239 g/mol. The lowest BCUT2D eigenvalue weighted by Crippen LogP contribution is -2.43. The van der Waals surface area contributed by atoms with Crippen LogP contribution in [0.5, 0.6) is 0 Å². The predicted octanol–water partition coefficient (Wildman–Crippen LogP) is 0.318. The van der Waals surface area contributed by atoms with Crippen LogP contribution in [0.1, 0.15) is 18.3 Å². The third kappa shape index (κ3) is 2.65. The van der Waals surface area contributed by atoms with E-state index >= 15 is 0 Å². The molecule has 0 amide bonds. The number of ether oxygens (including phenoxy) is 1. The Morgan fingerprint density at radius 3 is 3.12 bits per heavy atom. The first-order valence-corrected chi connectivity index (χ1v) is 5.60. The molecule has 1 N–H and O–H groups in total. The fourth-order valence-electron chi connectivity index (χ4n) is 2.13. The third-order valence-corrected chi connectivity index (χ3v) is 2.97. The largest absolute Gasteiger partial charge is 0.480 e. The van der Waals surface area contributed by atoms with Crippen molar-refractivity contribution in [3.8, 4) is 0 Å². The van der Waals surface area contributed by atoms with Crippen molar-refractivity contribution in [1.29, 1.82) is 0 Å². The molecule has 1 aromatic rings. The maximum Gasteiger partial charge on any atom is 0.317 e. The van der Waals surface area contributed by atoms with Crippen molar-refractivity contribution in [3.05, 3.63) is 17.5 Å². The molecule has 0 bridgehead atoms.